The summed E-state index contributed by atoms with van der Waals surface area (Å²) in [7, 11) is 0. The molecule has 2 rings (SSSR count). The van der Waals surface area contributed by atoms with Crippen molar-refractivity contribution in [3.05, 3.63) is 41.7 Å². The Labute approximate surface area is 115 Å². The Bertz CT molecular complexity index is 496. The van der Waals surface area contributed by atoms with Gasteiger partial charge in [0.15, 0.2) is 0 Å². The molecule has 2 heterocycles. The van der Waals surface area contributed by atoms with Gasteiger partial charge < -0.3 is 14.5 Å². The van der Waals surface area contributed by atoms with Gasteiger partial charge in [-0.1, -0.05) is 0 Å². The van der Waals surface area contributed by atoms with Crippen LogP contribution in [0.5, 0.6) is 0 Å². The van der Waals surface area contributed by atoms with E-state index in [0.717, 1.165) is 32.6 Å². The van der Waals surface area contributed by atoms with E-state index in [2.05, 4.69) is 46.3 Å². The van der Waals surface area contributed by atoms with E-state index < -0.39 is 0 Å². The van der Waals surface area contributed by atoms with Crippen LogP contribution in [0.25, 0.3) is 0 Å². The van der Waals surface area contributed by atoms with Gasteiger partial charge in [0, 0.05) is 43.4 Å². The summed E-state index contributed by atoms with van der Waals surface area (Å²) >= 11 is 0. The van der Waals surface area contributed by atoms with Crippen molar-refractivity contribution in [2.45, 2.75) is 46.8 Å². The van der Waals surface area contributed by atoms with Gasteiger partial charge in [0.1, 0.15) is 0 Å². The molecular weight excluding hydrogens is 236 g/mol. The Hall–Kier alpha value is -1.55. The van der Waals surface area contributed by atoms with Gasteiger partial charge >= 0.3 is 0 Å². The van der Waals surface area contributed by atoms with E-state index >= 15 is 0 Å². The van der Waals surface area contributed by atoms with Gasteiger partial charge in [-0.3, -0.25) is 0 Å². The SMILES string of the molecule is CCn1c(C)cc(CNCCCn2ccnc2)c1C. The molecule has 0 bridgehead atoms. The highest BCUT2D eigenvalue weighted by Crippen LogP contribution is 2.14. The van der Waals surface area contributed by atoms with Gasteiger partial charge in [0.05, 0.1) is 6.33 Å². The molecular formula is C15H24N4. The van der Waals surface area contributed by atoms with Crippen LogP contribution in [0.3, 0.4) is 0 Å². The van der Waals surface area contributed by atoms with Crippen molar-refractivity contribution in [1.29, 1.82) is 0 Å². The first-order chi connectivity index (χ1) is 9.22. The van der Waals surface area contributed by atoms with Crippen LogP contribution in [0.1, 0.15) is 30.3 Å². The highest BCUT2D eigenvalue weighted by Gasteiger charge is 2.06. The lowest BCUT2D eigenvalue weighted by molar-refractivity contribution is 0.579. The maximum absolute atomic E-state index is 4.04. The summed E-state index contributed by atoms with van der Waals surface area (Å²) in [6.45, 7) is 10.7. The zero-order chi connectivity index (χ0) is 13.7. The molecule has 0 saturated heterocycles. The summed E-state index contributed by atoms with van der Waals surface area (Å²) in [5, 5.41) is 3.52. The number of hydrogen-bond donors (Lipinski definition) is 1. The maximum atomic E-state index is 4.04. The molecule has 19 heavy (non-hydrogen) atoms. The summed E-state index contributed by atoms with van der Waals surface area (Å²) in [6.07, 6.45) is 6.83. The fraction of sp³-hybridized carbons (Fsp3) is 0.533. The predicted octanol–water partition coefficient (Wildman–Crippen LogP) is 2.50. The van der Waals surface area contributed by atoms with Gasteiger partial charge in [-0.25, -0.2) is 4.98 Å². The van der Waals surface area contributed by atoms with E-state index in [1.54, 1.807) is 0 Å². The van der Waals surface area contributed by atoms with Gasteiger partial charge in [-0.2, -0.15) is 0 Å². The van der Waals surface area contributed by atoms with Crippen molar-refractivity contribution >= 4 is 0 Å². The largest absolute Gasteiger partial charge is 0.349 e. The normalized spacial score (nSPS) is 11.1. The third-order valence-electron chi connectivity index (χ3n) is 3.64. The Morgan fingerprint density at radius 3 is 2.79 bits per heavy atom. The first kappa shape index (κ1) is 13.9. The topological polar surface area (TPSA) is 34.8 Å². The van der Waals surface area contributed by atoms with Gasteiger partial charge in [-0.15, -0.1) is 0 Å². The Balaban J connectivity index is 1.74. The molecule has 0 amide bonds. The minimum absolute atomic E-state index is 0.962. The average molecular weight is 260 g/mol. The summed E-state index contributed by atoms with van der Waals surface area (Å²) < 4.78 is 4.48. The molecule has 2 aromatic heterocycles. The maximum Gasteiger partial charge on any atom is 0.0945 e. The number of nitrogens with one attached hydrogen (secondary N) is 1. The molecule has 0 aromatic carbocycles. The first-order valence-electron chi connectivity index (χ1n) is 7.04. The Morgan fingerprint density at radius 1 is 1.32 bits per heavy atom. The number of imidazole rings is 1. The number of nitrogens with zero attached hydrogens (tertiary/aromatic N) is 3. The molecule has 0 radical (unpaired) electrons. The Kier molecular flexibility index (Phi) is 4.80. The predicted molar refractivity (Wildman–Crippen MR) is 78.1 cm³/mol. The highest BCUT2D eigenvalue weighted by molar-refractivity contribution is 5.26. The quantitative estimate of drug-likeness (QED) is 0.776. The second kappa shape index (κ2) is 6.57. The van der Waals surface area contributed by atoms with Crippen molar-refractivity contribution in [3.8, 4) is 0 Å². The van der Waals surface area contributed by atoms with E-state index in [0.29, 0.717) is 0 Å². The van der Waals surface area contributed by atoms with Crippen LogP contribution in [-0.4, -0.2) is 20.7 Å². The smallest absolute Gasteiger partial charge is 0.0945 e. The molecule has 4 heteroatoms. The van der Waals surface area contributed by atoms with Gasteiger partial charge in [0.2, 0.25) is 0 Å². The zero-order valence-corrected chi connectivity index (χ0v) is 12.2. The first-order valence-corrected chi connectivity index (χ1v) is 7.04. The molecule has 104 valence electrons. The van der Waals surface area contributed by atoms with E-state index in [1.807, 2.05) is 18.7 Å². The lowest BCUT2D eigenvalue weighted by Gasteiger charge is -2.07. The lowest BCUT2D eigenvalue weighted by atomic mass is 10.2. The summed E-state index contributed by atoms with van der Waals surface area (Å²) in [4.78, 5) is 4.04. The Morgan fingerprint density at radius 2 is 2.16 bits per heavy atom. The molecule has 0 saturated carbocycles. The number of rotatable bonds is 7. The fourth-order valence-corrected chi connectivity index (χ4v) is 2.57. The molecule has 0 aliphatic carbocycles. The second-order valence-electron chi connectivity index (χ2n) is 4.97. The number of aromatic nitrogens is 3. The molecule has 2 aromatic rings. The van der Waals surface area contributed by atoms with E-state index in [9.17, 15) is 0 Å². The van der Waals surface area contributed by atoms with Crippen molar-refractivity contribution in [2.24, 2.45) is 0 Å². The third kappa shape index (κ3) is 3.47. The van der Waals surface area contributed by atoms with E-state index in [4.69, 9.17) is 0 Å². The molecule has 0 unspecified atom stereocenters. The monoisotopic (exact) mass is 260 g/mol. The minimum Gasteiger partial charge on any atom is -0.349 e. The van der Waals surface area contributed by atoms with Crippen molar-refractivity contribution in [2.75, 3.05) is 6.54 Å². The number of hydrogen-bond acceptors (Lipinski definition) is 2. The third-order valence-corrected chi connectivity index (χ3v) is 3.64. The molecule has 0 fully saturated rings. The highest BCUT2D eigenvalue weighted by atomic mass is 15.0. The molecule has 0 aliphatic rings. The lowest BCUT2D eigenvalue weighted by Crippen LogP contribution is -2.16. The van der Waals surface area contributed by atoms with Gasteiger partial charge in [0.25, 0.3) is 0 Å². The van der Waals surface area contributed by atoms with Crippen LogP contribution in [-0.2, 0) is 19.6 Å². The van der Waals surface area contributed by atoms with Crippen LogP contribution in [0.4, 0.5) is 0 Å². The molecule has 0 aliphatic heterocycles. The van der Waals surface area contributed by atoms with Crippen LogP contribution in [0.2, 0.25) is 0 Å². The molecule has 0 spiro atoms. The number of aryl methyl sites for hydroxylation is 2. The standard InChI is InChI=1S/C15H24N4/c1-4-19-13(2)10-15(14(19)3)11-16-6-5-8-18-9-7-17-12-18/h7,9-10,12,16H,4-6,8,11H2,1-3H3. The molecule has 4 nitrogen and oxygen atoms in total. The summed E-state index contributed by atoms with van der Waals surface area (Å²) in [5.41, 5.74) is 4.17. The van der Waals surface area contributed by atoms with Crippen LogP contribution >= 0.6 is 0 Å². The van der Waals surface area contributed by atoms with Crippen molar-refractivity contribution < 1.29 is 0 Å². The summed E-state index contributed by atoms with van der Waals surface area (Å²) in [5.74, 6) is 0. The van der Waals surface area contributed by atoms with E-state index in [-0.39, 0.29) is 0 Å². The van der Waals surface area contributed by atoms with Crippen LogP contribution < -0.4 is 5.32 Å². The van der Waals surface area contributed by atoms with Crippen LogP contribution in [0, 0.1) is 13.8 Å². The van der Waals surface area contributed by atoms with Crippen LogP contribution in [0.15, 0.2) is 24.8 Å². The second-order valence-corrected chi connectivity index (χ2v) is 4.97. The van der Waals surface area contributed by atoms with E-state index in [1.165, 1.54) is 17.0 Å². The molecule has 1 N–H and O–H groups in total. The minimum atomic E-state index is 0.962. The zero-order valence-electron chi connectivity index (χ0n) is 12.2. The summed E-state index contributed by atoms with van der Waals surface area (Å²) in [6, 6.07) is 2.29. The fourth-order valence-electron chi connectivity index (χ4n) is 2.57. The average Bonchev–Trinajstić information content (AvgIpc) is 2.98. The molecule has 0 atom stereocenters. The van der Waals surface area contributed by atoms with Crippen molar-refractivity contribution in [3.63, 3.8) is 0 Å². The van der Waals surface area contributed by atoms with Gasteiger partial charge in [-0.05, 0) is 45.4 Å². The van der Waals surface area contributed by atoms with Crippen molar-refractivity contribution in [1.82, 2.24) is 19.4 Å².